The van der Waals surface area contributed by atoms with Crippen LogP contribution in [0.25, 0.3) is 0 Å². The van der Waals surface area contributed by atoms with Gasteiger partial charge in [0.1, 0.15) is 5.75 Å². The molecule has 1 aliphatic heterocycles. The van der Waals surface area contributed by atoms with E-state index in [-0.39, 0.29) is 33.8 Å². The summed E-state index contributed by atoms with van der Waals surface area (Å²) in [5.74, 6) is -0.215. The molecular formula is C24H24BrNO7S2. The van der Waals surface area contributed by atoms with Gasteiger partial charge in [-0.25, -0.2) is 16.8 Å². The Balaban J connectivity index is 1.62. The van der Waals surface area contributed by atoms with Crippen molar-refractivity contribution in [1.82, 2.24) is 4.90 Å². The molecule has 2 aromatic carbocycles. The molecule has 1 fully saturated rings. The molecule has 4 rings (SSSR count). The van der Waals surface area contributed by atoms with E-state index >= 15 is 0 Å². The maximum Gasteiger partial charge on any atom is 0.290 e. The number of carbonyl (C=O) groups is 1. The highest BCUT2D eigenvalue weighted by Crippen LogP contribution is 2.27. The number of sulfone groups is 2. The third kappa shape index (κ3) is 5.79. The summed E-state index contributed by atoms with van der Waals surface area (Å²) in [7, 11) is -7.23. The summed E-state index contributed by atoms with van der Waals surface area (Å²) in [6.07, 6.45) is 0.301. The molecule has 0 N–H and O–H groups in total. The van der Waals surface area contributed by atoms with Gasteiger partial charge in [-0.05, 0) is 67.4 Å². The molecule has 1 atom stereocenters. The molecule has 0 bridgehead atoms. The third-order valence-electron chi connectivity index (χ3n) is 5.68. The summed E-state index contributed by atoms with van der Waals surface area (Å²) in [6, 6.07) is 15.2. The summed E-state index contributed by atoms with van der Waals surface area (Å²) in [4.78, 5) is 14.9. The first-order chi connectivity index (χ1) is 16.6. The van der Waals surface area contributed by atoms with Crippen LogP contribution in [0.4, 0.5) is 0 Å². The van der Waals surface area contributed by atoms with Gasteiger partial charge in [0.25, 0.3) is 5.91 Å². The molecule has 0 spiro atoms. The van der Waals surface area contributed by atoms with E-state index in [1.807, 2.05) is 6.92 Å². The van der Waals surface area contributed by atoms with Crippen LogP contribution < -0.4 is 4.74 Å². The fourth-order valence-corrected chi connectivity index (χ4v) is 7.06. The zero-order valence-corrected chi connectivity index (χ0v) is 22.1. The van der Waals surface area contributed by atoms with Crippen LogP contribution in [0.1, 0.15) is 29.5 Å². The zero-order valence-electron chi connectivity index (χ0n) is 18.9. The van der Waals surface area contributed by atoms with Crippen molar-refractivity contribution in [3.8, 4) is 5.75 Å². The summed E-state index contributed by atoms with van der Waals surface area (Å²) in [5.41, 5.74) is 0.778. The van der Waals surface area contributed by atoms with Crippen LogP contribution in [0.15, 0.2) is 79.5 Å². The number of ether oxygens (including phenoxy) is 1. The second-order valence-electron chi connectivity index (χ2n) is 8.14. The zero-order chi connectivity index (χ0) is 25.2. The Hall–Kier alpha value is -2.63. The van der Waals surface area contributed by atoms with Gasteiger partial charge in [0.2, 0.25) is 14.9 Å². The quantitative estimate of drug-likeness (QED) is 0.393. The summed E-state index contributed by atoms with van der Waals surface area (Å²) < 4.78 is 61.8. The molecule has 186 valence electrons. The Morgan fingerprint density at radius 3 is 2.37 bits per heavy atom. The number of nitrogens with zero attached hydrogens (tertiary/aromatic N) is 1. The molecule has 1 amide bonds. The molecule has 1 aromatic heterocycles. The van der Waals surface area contributed by atoms with E-state index in [1.54, 1.807) is 36.4 Å². The average Bonchev–Trinajstić information content (AvgIpc) is 3.46. The van der Waals surface area contributed by atoms with Gasteiger partial charge in [-0.15, -0.1) is 0 Å². The minimum absolute atomic E-state index is 0.00786. The number of amides is 1. The van der Waals surface area contributed by atoms with Crippen molar-refractivity contribution < 1.29 is 30.8 Å². The van der Waals surface area contributed by atoms with Crippen LogP contribution in [0.3, 0.4) is 0 Å². The van der Waals surface area contributed by atoms with E-state index in [4.69, 9.17) is 9.15 Å². The van der Waals surface area contributed by atoms with Gasteiger partial charge in [0, 0.05) is 17.1 Å². The third-order valence-corrected chi connectivity index (χ3v) is 9.60. The standard InChI is InChI=1S/C24H24BrNO7S2/c1-2-32-20-7-3-17(4-8-20)15-26(19-13-14-34(28,29)16-19)24(27)22-11-12-23(33-22)35(30,31)21-9-5-18(25)6-10-21/h3-12,19H,2,13-16H2,1H3. The molecule has 0 aliphatic carbocycles. The summed E-state index contributed by atoms with van der Waals surface area (Å²) in [6.45, 7) is 2.54. The van der Waals surface area contributed by atoms with Crippen LogP contribution in [0.5, 0.6) is 5.75 Å². The number of hydrogen-bond acceptors (Lipinski definition) is 7. The van der Waals surface area contributed by atoms with Crippen LogP contribution in [-0.4, -0.2) is 51.8 Å². The van der Waals surface area contributed by atoms with E-state index < -0.39 is 31.6 Å². The lowest BCUT2D eigenvalue weighted by molar-refractivity contribution is 0.0642. The maximum atomic E-state index is 13.4. The Bertz CT molecular complexity index is 1410. The Labute approximate surface area is 212 Å². The van der Waals surface area contributed by atoms with Gasteiger partial charge in [-0.3, -0.25) is 4.79 Å². The number of furan rings is 1. The second kappa shape index (κ2) is 10.2. The summed E-state index contributed by atoms with van der Waals surface area (Å²) in [5, 5.41) is -0.358. The molecule has 1 unspecified atom stereocenters. The number of hydrogen-bond donors (Lipinski definition) is 0. The Kier molecular flexibility index (Phi) is 7.39. The highest BCUT2D eigenvalue weighted by Gasteiger charge is 2.36. The maximum absolute atomic E-state index is 13.4. The van der Waals surface area contributed by atoms with Gasteiger partial charge in [-0.2, -0.15) is 0 Å². The minimum atomic E-state index is -3.97. The van der Waals surface area contributed by atoms with Crippen molar-refractivity contribution in [2.75, 3.05) is 18.1 Å². The lowest BCUT2D eigenvalue weighted by atomic mass is 10.1. The first-order valence-electron chi connectivity index (χ1n) is 10.9. The molecule has 2 heterocycles. The van der Waals surface area contributed by atoms with E-state index in [0.717, 1.165) is 10.0 Å². The van der Waals surface area contributed by atoms with Crippen molar-refractivity contribution in [3.63, 3.8) is 0 Å². The molecule has 1 aliphatic rings. The van der Waals surface area contributed by atoms with Gasteiger partial charge in [0.05, 0.1) is 23.0 Å². The first-order valence-corrected chi connectivity index (χ1v) is 15.0. The lowest BCUT2D eigenvalue weighted by Crippen LogP contribution is -2.40. The predicted molar refractivity (Wildman–Crippen MR) is 133 cm³/mol. The SMILES string of the molecule is CCOc1ccc(CN(C(=O)c2ccc(S(=O)(=O)c3ccc(Br)cc3)o2)C2CCS(=O)(=O)C2)cc1. The highest BCUT2D eigenvalue weighted by molar-refractivity contribution is 9.10. The van der Waals surface area contributed by atoms with E-state index in [1.165, 1.54) is 29.2 Å². The van der Waals surface area contributed by atoms with Crippen LogP contribution in [0, 0.1) is 0 Å². The van der Waals surface area contributed by atoms with E-state index in [9.17, 15) is 21.6 Å². The molecule has 11 heteroatoms. The van der Waals surface area contributed by atoms with Crippen LogP contribution in [-0.2, 0) is 26.2 Å². The topological polar surface area (TPSA) is 111 Å². The molecular weight excluding hydrogens is 558 g/mol. The Morgan fingerprint density at radius 2 is 1.77 bits per heavy atom. The van der Waals surface area contributed by atoms with Crippen molar-refractivity contribution in [2.45, 2.75) is 35.9 Å². The van der Waals surface area contributed by atoms with Gasteiger partial charge < -0.3 is 14.1 Å². The normalized spacial score (nSPS) is 17.3. The highest BCUT2D eigenvalue weighted by atomic mass is 79.9. The monoisotopic (exact) mass is 581 g/mol. The van der Waals surface area contributed by atoms with E-state index in [2.05, 4.69) is 15.9 Å². The number of halogens is 1. The number of benzene rings is 2. The second-order valence-corrected chi connectivity index (χ2v) is 13.2. The van der Waals surface area contributed by atoms with Gasteiger partial charge in [-0.1, -0.05) is 28.1 Å². The molecule has 8 nitrogen and oxygen atoms in total. The fraction of sp³-hybridized carbons (Fsp3) is 0.292. The van der Waals surface area contributed by atoms with Gasteiger partial charge in [0.15, 0.2) is 15.6 Å². The number of carbonyl (C=O) groups excluding carboxylic acids is 1. The largest absolute Gasteiger partial charge is 0.494 e. The predicted octanol–water partition coefficient (Wildman–Crippen LogP) is 4.10. The van der Waals surface area contributed by atoms with Crippen LogP contribution in [0.2, 0.25) is 0 Å². The fourth-order valence-electron chi connectivity index (χ4n) is 3.89. The smallest absolute Gasteiger partial charge is 0.290 e. The van der Waals surface area contributed by atoms with Crippen molar-refractivity contribution >= 4 is 41.5 Å². The molecule has 35 heavy (non-hydrogen) atoms. The molecule has 1 saturated heterocycles. The van der Waals surface area contributed by atoms with Crippen LogP contribution >= 0.6 is 15.9 Å². The van der Waals surface area contributed by atoms with Gasteiger partial charge >= 0.3 is 0 Å². The molecule has 0 saturated carbocycles. The van der Waals surface area contributed by atoms with Crippen molar-refractivity contribution in [1.29, 1.82) is 0 Å². The van der Waals surface area contributed by atoms with E-state index in [0.29, 0.717) is 18.8 Å². The van der Waals surface area contributed by atoms with Crippen molar-refractivity contribution in [2.24, 2.45) is 0 Å². The number of rotatable bonds is 8. The minimum Gasteiger partial charge on any atom is -0.494 e. The molecule has 0 radical (unpaired) electrons. The Morgan fingerprint density at radius 1 is 1.09 bits per heavy atom. The molecule has 3 aromatic rings. The summed E-state index contributed by atoms with van der Waals surface area (Å²) >= 11 is 3.27. The lowest BCUT2D eigenvalue weighted by Gasteiger charge is -2.27. The van der Waals surface area contributed by atoms with Crippen molar-refractivity contribution in [3.05, 3.63) is 76.5 Å². The first kappa shape index (κ1) is 25.5. The average molecular weight is 582 g/mol.